The minimum absolute atomic E-state index is 0.0891. The topological polar surface area (TPSA) is 105 Å². The fourth-order valence-electron chi connectivity index (χ4n) is 8.98. The number of esters is 3. The largest absolute Gasteiger partial charge is 0.465 e. The van der Waals surface area contributed by atoms with Crippen LogP contribution in [0.4, 0.5) is 0 Å². The Bertz CT molecular complexity index is 927. The van der Waals surface area contributed by atoms with Crippen molar-refractivity contribution >= 4 is 24.2 Å². The van der Waals surface area contributed by atoms with Gasteiger partial charge in [-0.1, -0.05) is 41.0 Å². The van der Waals surface area contributed by atoms with Gasteiger partial charge in [-0.15, -0.1) is 0 Å². The first kappa shape index (κ1) is 28.1. The van der Waals surface area contributed by atoms with E-state index in [1.54, 1.807) is 0 Å². The van der Waals surface area contributed by atoms with Gasteiger partial charge >= 0.3 is 17.9 Å². The lowest BCUT2D eigenvalue weighted by atomic mass is 9.38. The maximum atomic E-state index is 13.0. The highest BCUT2D eigenvalue weighted by Crippen LogP contribution is 2.71. The van der Waals surface area contributed by atoms with Gasteiger partial charge in [0.2, 0.25) is 6.29 Å². The molecule has 0 N–H and O–H groups in total. The zero-order chi connectivity index (χ0) is 27.3. The molecule has 4 fully saturated rings. The molecule has 0 amide bonds. The Kier molecular flexibility index (Phi) is 7.56. The van der Waals surface area contributed by atoms with Crippen LogP contribution in [0.5, 0.6) is 0 Å². The normalized spacial score (nSPS) is 41.8. The second-order valence-corrected chi connectivity index (χ2v) is 13.3. The lowest BCUT2D eigenvalue weighted by Crippen LogP contribution is -2.68. The maximum Gasteiger partial charge on any atom is 0.306 e. The van der Waals surface area contributed by atoms with Crippen molar-refractivity contribution in [1.82, 2.24) is 0 Å². The van der Waals surface area contributed by atoms with Gasteiger partial charge in [0.25, 0.3) is 0 Å². The molecular weight excluding hydrogens is 476 g/mol. The molecule has 2 bridgehead atoms. The van der Waals surface area contributed by atoms with E-state index in [0.29, 0.717) is 18.8 Å². The highest BCUT2D eigenvalue weighted by atomic mass is 16.7. The second-order valence-electron chi connectivity index (χ2n) is 13.3. The van der Waals surface area contributed by atoms with Gasteiger partial charge in [-0.3, -0.25) is 14.4 Å². The van der Waals surface area contributed by atoms with Crippen LogP contribution < -0.4 is 0 Å². The smallest absolute Gasteiger partial charge is 0.306 e. The third-order valence-corrected chi connectivity index (χ3v) is 10.0. The molecule has 9 atom stereocenters. The van der Waals surface area contributed by atoms with Crippen molar-refractivity contribution in [3.8, 4) is 0 Å². The fourth-order valence-corrected chi connectivity index (χ4v) is 8.98. The summed E-state index contributed by atoms with van der Waals surface area (Å²) < 4.78 is 23.9. The molecule has 1 heterocycles. The monoisotopic (exact) mass is 520 g/mol. The molecule has 0 spiro atoms. The summed E-state index contributed by atoms with van der Waals surface area (Å²) in [5, 5.41) is 0. The van der Waals surface area contributed by atoms with Gasteiger partial charge in [-0.05, 0) is 48.3 Å². The zero-order valence-corrected chi connectivity index (χ0v) is 23.4. The van der Waals surface area contributed by atoms with Crippen LogP contribution in [-0.4, -0.2) is 49.3 Å². The third kappa shape index (κ3) is 4.72. The Morgan fingerprint density at radius 2 is 1.70 bits per heavy atom. The van der Waals surface area contributed by atoms with Gasteiger partial charge < -0.3 is 23.7 Å². The minimum Gasteiger partial charge on any atom is -0.465 e. The van der Waals surface area contributed by atoms with Crippen molar-refractivity contribution in [2.75, 3.05) is 6.61 Å². The van der Waals surface area contributed by atoms with Crippen LogP contribution in [0.15, 0.2) is 0 Å². The van der Waals surface area contributed by atoms with Crippen LogP contribution in [0.3, 0.4) is 0 Å². The first-order chi connectivity index (χ1) is 17.3. The first-order valence-electron chi connectivity index (χ1n) is 13.9. The van der Waals surface area contributed by atoms with Gasteiger partial charge in [-0.2, -0.15) is 0 Å². The van der Waals surface area contributed by atoms with Gasteiger partial charge in [0.1, 0.15) is 18.5 Å². The van der Waals surface area contributed by atoms with Gasteiger partial charge in [0, 0.05) is 37.5 Å². The van der Waals surface area contributed by atoms with Crippen molar-refractivity contribution in [3.05, 3.63) is 0 Å². The van der Waals surface area contributed by atoms with E-state index >= 15 is 0 Å². The average molecular weight is 521 g/mol. The second kappa shape index (κ2) is 9.97. The van der Waals surface area contributed by atoms with Crippen molar-refractivity contribution in [2.45, 2.75) is 105 Å². The molecule has 8 heteroatoms. The zero-order valence-electron chi connectivity index (χ0n) is 23.4. The molecule has 0 aromatic rings. The van der Waals surface area contributed by atoms with E-state index in [0.717, 1.165) is 32.0 Å². The Morgan fingerprint density at radius 3 is 2.30 bits per heavy atom. The van der Waals surface area contributed by atoms with Crippen LogP contribution in [0.25, 0.3) is 0 Å². The minimum atomic E-state index is -1.01. The summed E-state index contributed by atoms with van der Waals surface area (Å²) in [6.07, 6.45) is 3.60. The number of carbonyl (C=O) groups is 4. The SMILES string of the molecule is CC(=O)OC1OC2[C@H](OC(C)=O)C1[C@@H](C=O)[C@]1(COC(=O)CC(C)C)CC[C@H]3C(C)(C)CCC[C@]3(C)[C@@H]21. The number of carbonyl (C=O) groups excluding carboxylic acids is 4. The Labute approximate surface area is 220 Å². The number of hydrogen-bond acceptors (Lipinski definition) is 8. The van der Waals surface area contributed by atoms with Crippen LogP contribution in [0.2, 0.25) is 0 Å². The van der Waals surface area contributed by atoms with E-state index < -0.39 is 47.7 Å². The summed E-state index contributed by atoms with van der Waals surface area (Å²) in [7, 11) is 0. The molecule has 208 valence electrons. The standard InChI is InChI=1S/C29H44O8/c1-16(2)13-21(33)34-15-29-12-9-20-27(5,6)10-8-11-28(20,7)25(29)24-23(35-17(3)31)22(19(29)14-30)26(37-24)36-18(4)32/h14,16,19-20,22-26H,8-13,15H2,1-7H3/t19-,20+,22?,23-,24?,25-,26?,28+,29-/m1/s1. The summed E-state index contributed by atoms with van der Waals surface area (Å²) in [4.78, 5) is 50.0. The summed E-state index contributed by atoms with van der Waals surface area (Å²) in [5.74, 6) is -2.30. The molecule has 3 aliphatic carbocycles. The Balaban J connectivity index is 1.85. The molecule has 1 saturated heterocycles. The van der Waals surface area contributed by atoms with Crippen molar-refractivity contribution < 1.29 is 38.1 Å². The van der Waals surface area contributed by atoms with E-state index in [1.807, 2.05) is 13.8 Å². The highest BCUT2D eigenvalue weighted by Gasteiger charge is 2.74. The first-order valence-corrected chi connectivity index (χ1v) is 13.9. The van der Waals surface area contributed by atoms with Gasteiger partial charge in [0.15, 0.2) is 0 Å². The summed E-state index contributed by atoms with van der Waals surface area (Å²) in [6.45, 7) is 13.6. The molecule has 8 nitrogen and oxygen atoms in total. The molecule has 1 aliphatic heterocycles. The Morgan fingerprint density at radius 1 is 1.03 bits per heavy atom. The highest BCUT2D eigenvalue weighted by molar-refractivity contribution is 5.70. The van der Waals surface area contributed by atoms with Crippen LogP contribution in [-0.2, 0) is 38.1 Å². The van der Waals surface area contributed by atoms with Gasteiger partial charge in [-0.25, -0.2) is 0 Å². The molecule has 3 saturated carbocycles. The molecule has 0 aromatic heterocycles. The van der Waals surface area contributed by atoms with E-state index in [-0.39, 0.29) is 35.2 Å². The quantitative estimate of drug-likeness (QED) is 0.275. The predicted molar refractivity (Wildman–Crippen MR) is 134 cm³/mol. The lowest BCUT2D eigenvalue weighted by molar-refractivity contribution is -0.237. The number of rotatable bonds is 7. The van der Waals surface area contributed by atoms with Crippen molar-refractivity contribution in [2.24, 2.45) is 45.8 Å². The molecule has 0 radical (unpaired) electrons. The molecular formula is C29H44O8. The van der Waals surface area contributed by atoms with Crippen LogP contribution in [0.1, 0.15) is 87.0 Å². The summed E-state index contributed by atoms with van der Waals surface area (Å²) in [5.41, 5.74) is -0.857. The van der Waals surface area contributed by atoms with Gasteiger partial charge in [0.05, 0.1) is 12.5 Å². The summed E-state index contributed by atoms with van der Waals surface area (Å²) in [6, 6.07) is 0. The lowest BCUT2D eigenvalue weighted by Gasteiger charge is -2.66. The average Bonchev–Trinajstić information content (AvgIpc) is 3.00. The number of hydrogen-bond donors (Lipinski definition) is 0. The number of fused-ring (bicyclic) bond motifs is 6. The van der Waals surface area contributed by atoms with E-state index in [9.17, 15) is 19.2 Å². The molecule has 3 unspecified atom stereocenters. The Hall–Kier alpha value is -1.96. The van der Waals surface area contributed by atoms with E-state index in [2.05, 4.69) is 20.8 Å². The molecule has 0 aromatic carbocycles. The van der Waals surface area contributed by atoms with Crippen molar-refractivity contribution in [3.63, 3.8) is 0 Å². The van der Waals surface area contributed by atoms with Crippen molar-refractivity contribution in [1.29, 1.82) is 0 Å². The van der Waals surface area contributed by atoms with Crippen LogP contribution >= 0.6 is 0 Å². The number of ether oxygens (including phenoxy) is 4. The third-order valence-electron chi connectivity index (χ3n) is 10.0. The van der Waals surface area contributed by atoms with E-state index in [1.165, 1.54) is 13.8 Å². The predicted octanol–water partition coefficient (Wildman–Crippen LogP) is 4.47. The molecule has 4 aliphatic rings. The van der Waals surface area contributed by atoms with Crippen LogP contribution in [0, 0.1) is 45.8 Å². The molecule has 4 rings (SSSR count). The van der Waals surface area contributed by atoms with E-state index in [4.69, 9.17) is 18.9 Å². The molecule has 37 heavy (non-hydrogen) atoms. The number of aldehydes is 1. The fraction of sp³-hybridized carbons (Fsp3) is 0.862. The summed E-state index contributed by atoms with van der Waals surface area (Å²) >= 11 is 0. The maximum absolute atomic E-state index is 13.0.